The average Bonchev–Trinajstić information content (AvgIpc) is 3.18. The number of nitrogens with one attached hydrogen (secondary N) is 2. The van der Waals surface area contributed by atoms with Crippen LogP contribution >= 0.6 is 0 Å². The van der Waals surface area contributed by atoms with Crippen LogP contribution in [0.5, 0.6) is 0 Å². The monoisotopic (exact) mass is 332 g/mol. The number of nitrogens with zero attached hydrogens (tertiary/aromatic N) is 4. The summed E-state index contributed by atoms with van der Waals surface area (Å²) in [5.74, 6) is 0.206. The van der Waals surface area contributed by atoms with Crippen molar-refractivity contribution in [2.24, 2.45) is 7.05 Å². The SMILES string of the molecule is Cc1cc(NC(=O)c2n[nH]c3ccc(-c4cccnc4)cc23)nn1C. The largest absolute Gasteiger partial charge is 0.304 e. The topological polar surface area (TPSA) is 88.5 Å². The van der Waals surface area contributed by atoms with Crippen LogP contribution in [0.1, 0.15) is 16.2 Å². The second-order valence-corrected chi connectivity index (χ2v) is 5.82. The second-order valence-electron chi connectivity index (χ2n) is 5.82. The summed E-state index contributed by atoms with van der Waals surface area (Å²) in [6, 6.07) is 11.5. The number of aromatic nitrogens is 5. The van der Waals surface area contributed by atoms with E-state index in [-0.39, 0.29) is 5.91 Å². The first-order valence-electron chi connectivity index (χ1n) is 7.82. The molecule has 124 valence electrons. The molecule has 0 atom stereocenters. The molecule has 0 unspecified atom stereocenters. The molecule has 4 rings (SSSR count). The van der Waals surface area contributed by atoms with Crippen molar-refractivity contribution in [2.75, 3.05) is 5.32 Å². The van der Waals surface area contributed by atoms with E-state index < -0.39 is 0 Å². The van der Waals surface area contributed by atoms with Crippen LogP contribution in [-0.4, -0.2) is 30.9 Å². The first-order valence-corrected chi connectivity index (χ1v) is 7.82. The summed E-state index contributed by atoms with van der Waals surface area (Å²) in [6.45, 7) is 1.92. The van der Waals surface area contributed by atoms with E-state index in [4.69, 9.17) is 0 Å². The van der Waals surface area contributed by atoms with Crippen molar-refractivity contribution in [3.63, 3.8) is 0 Å². The van der Waals surface area contributed by atoms with Crippen molar-refractivity contribution >= 4 is 22.6 Å². The molecule has 3 aromatic heterocycles. The van der Waals surface area contributed by atoms with Crippen LogP contribution in [0.25, 0.3) is 22.0 Å². The first-order chi connectivity index (χ1) is 12.1. The third-order valence-corrected chi connectivity index (χ3v) is 4.13. The van der Waals surface area contributed by atoms with Gasteiger partial charge in [0.15, 0.2) is 11.5 Å². The number of aromatic amines is 1. The molecule has 0 spiro atoms. The van der Waals surface area contributed by atoms with Crippen LogP contribution in [0.15, 0.2) is 48.8 Å². The smallest absolute Gasteiger partial charge is 0.278 e. The zero-order chi connectivity index (χ0) is 17.4. The van der Waals surface area contributed by atoms with E-state index in [1.165, 1.54) is 0 Å². The number of amides is 1. The van der Waals surface area contributed by atoms with Gasteiger partial charge in [-0.1, -0.05) is 12.1 Å². The Kier molecular flexibility index (Phi) is 3.53. The quantitative estimate of drug-likeness (QED) is 0.604. The Bertz CT molecular complexity index is 1040. The van der Waals surface area contributed by atoms with Crippen molar-refractivity contribution in [1.82, 2.24) is 25.0 Å². The summed E-state index contributed by atoms with van der Waals surface area (Å²) < 4.78 is 1.71. The van der Waals surface area contributed by atoms with Gasteiger partial charge in [0.1, 0.15) is 0 Å². The Balaban J connectivity index is 1.70. The van der Waals surface area contributed by atoms with Crippen molar-refractivity contribution < 1.29 is 4.79 Å². The van der Waals surface area contributed by atoms with E-state index >= 15 is 0 Å². The molecule has 0 fully saturated rings. The van der Waals surface area contributed by atoms with Crippen LogP contribution in [0.4, 0.5) is 5.82 Å². The molecule has 0 aliphatic carbocycles. The molecule has 0 bridgehead atoms. The molecule has 1 aromatic carbocycles. The molecular formula is C18H16N6O. The highest BCUT2D eigenvalue weighted by atomic mass is 16.2. The minimum absolute atomic E-state index is 0.298. The standard InChI is InChI=1S/C18H16N6O/c1-11-8-16(23-24(11)2)20-18(25)17-14-9-12(5-6-15(14)21-22-17)13-4-3-7-19-10-13/h3-10H,1-2H3,(H,21,22)(H,20,23,25). The molecule has 0 aliphatic rings. The molecule has 3 heterocycles. The van der Waals surface area contributed by atoms with E-state index in [1.54, 1.807) is 17.1 Å². The molecule has 0 saturated heterocycles. The number of H-pyrrole nitrogens is 1. The lowest BCUT2D eigenvalue weighted by molar-refractivity contribution is 0.102. The summed E-state index contributed by atoms with van der Waals surface area (Å²) in [5, 5.41) is 14.9. The van der Waals surface area contributed by atoms with Crippen LogP contribution in [0, 0.1) is 6.92 Å². The van der Waals surface area contributed by atoms with Crippen molar-refractivity contribution in [2.45, 2.75) is 6.92 Å². The first kappa shape index (κ1) is 15.1. The van der Waals surface area contributed by atoms with E-state index in [0.29, 0.717) is 11.5 Å². The lowest BCUT2D eigenvalue weighted by atomic mass is 10.0. The molecule has 2 N–H and O–H groups in total. The molecule has 7 nitrogen and oxygen atoms in total. The van der Waals surface area contributed by atoms with Gasteiger partial charge in [0, 0.05) is 42.2 Å². The minimum Gasteiger partial charge on any atom is -0.304 e. The molecule has 4 aromatic rings. The van der Waals surface area contributed by atoms with Crippen molar-refractivity contribution in [1.29, 1.82) is 0 Å². The third-order valence-electron chi connectivity index (χ3n) is 4.13. The number of fused-ring (bicyclic) bond motifs is 1. The fraction of sp³-hybridized carbons (Fsp3) is 0.111. The highest BCUT2D eigenvalue weighted by Gasteiger charge is 2.16. The number of pyridine rings is 1. The van der Waals surface area contributed by atoms with Gasteiger partial charge < -0.3 is 5.32 Å². The number of hydrogen-bond donors (Lipinski definition) is 2. The summed E-state index contributed by atoms with van der Waals surface area (Å²) in [5.41, 5.74) is 4.06. The van der Waals surface area contributed by atoms with Gasteiger partial charge in [0.2, 0.25) is 0 Å². The number of rotatable bonds is 3. The number of carbonyl (C=O) groups is 1. The molecule has 0 aliphatic heterocycles. The van der Waals surface area contributed by atoms with Gasteiger partial charge >= 0.3 is 0 Å². The van der Waals surface area contributed by atoms with Gasteiger partial charge in [0.25, 0.3) is 5.91 Å². The summed E-state index contributed by atoms with van der Waals surface area (Å²) in [4.78, 5) is 16.7. The number of aryl methyl sites for hydroxylation is 2. The number of hydrogen-bond acceptors (Lipinski definition) is 4. The van der Waals surface area contributed by atoms with Crippen LogP contribution in [0.3, 0.4) is 0 Å². The van der Waals surface area contributed by atoms with Gasteiger partial charge in [-0.15, -0.1) is 0 Å². The zero-order valence-corrected chi connectivity index (χ0v) is 13.8. The van der Waals surface area contributed by atoms with Crippen molar-refractivity contribution in [3.05, 3.63) is 60.2 Å². The van der Waals surface area contributed by atoms with E-state index in [2.05, 4.69) is 25.6 Å². The van der Waals surface area contributed by atoms with E-state index in [0.717, 1.165) is 27.7 Å². The molecule has 1 amide bonds. The van der Waals surface area contributed by atoms with Gasteiger partial charge in [-0.2, -0.15) is 10.2 Å². The Morgan fingerprint density at radius 1 is 1.20 bits per heavy atom. The number of benzene rings is 1. The molecular weight excluding hydrogens is 316 g/mol. The Morgan fingerprint density at radius 3 is 2.80 bits per heavy atom. The summed E-state index contributed by atoms with van der Waals surface area (Å²) in [7, 11) is 1.83. The number of carbonyl (C=O) groups excluding carboxylic acids is 1. The normalized spacial score (nSPS) is 11.0. The molecule has 25 heavy (non-hydrogen) atoms. The van der Waals surface area contributed by atoms with E-state index in [9.17, 15) is 4.79 Å². The molecule has 0 radical (unpaired) electrons. The van der Waals surface area contributed by atoms with Gasteiger partial charge in [-0.05, 0) is 30.7 Å². The van der Waals surface area contributed by atoms with Crippen molar-refractivity contribution in [3.8, 4) is 11.1 Å². The Labute approximate surface area is 143 Å². The summed E-state index contributed by atoms with van der Waals surface area (Å²) in [6.07, 6.45) is 3.52. The average molecular weight is 332 g/mol. The summed E-state index contributed by atoms with van der Waals surface area (Å²) >= 11 is 0. The highest BCUT2D eigenvalue weighted by molar-refractivity contribution is 6.11. The van der Waals surface area contributed by atoms with E-state index in [1.807, 2.05) is 50.4 Å². The maximum Gasteiger partial charge on any atom is 0.278 e. The lowest BCUT2D eigenvalue weighted by Gasteiger charge is -2.02. The molecule has 0 saturated carbocycles. The maximum atomic E-state index is 12.6. The zero-order valence-electron chi connectivity index (χ0n) is 13.8. The van der Waals surface area contributed by atoms with Crippen LogP contribution in [0.2, 0.25) is 0 Å². The Hall–Kier alpha value is -3.48. The van der Waals surface area contributed by atoms with Crippen LogP contribution in [-0.2, 0) is 7.05 Å². The van der Waals surface area contributed by atoms with Gasteiger partial charge in [-0.25, -0.2) is 0 Å². The predicted octanol–water partition coefficient (Wildman–Crippen LogP) is 2.92. The number of anilines is 1. The van der Waals surface area contributed by atoms with Crippen LogP contribution < -0.4 is 5.32 Å². The maximum absolute atomic E-state index is 12.6. The lowest BCUT2D eigenvalue weighted by Crippen LogP contribution is -2.13. The fourth-order valence-electron chi connectivity index (χ4n) is 2.70. The van der Waals surface area contributed by atoms with Gasteiger partial charge in [0.05, 0.1) is 5.52 Å². The third kappa shape index (κ3) is 2.76. The Morgan fingerprint density at radius 2 is 2.08 bits per heavy atom. The molecule has 7 heteroatoms. The second kappa shape index (κ2) is 5.86. The fourth-order valence-corrected chi connectivity index (χ4v) is 2.70. The minimum atomic E-state index is -0.298. The van der Waals surface area contributed by atoms with Gasteiger partial charge in [-0.3, -0.25) is 19.6 Å². The predicted molar refractivity (Wildman–Crippen MR) is 95.2 cm³/mol. The highest BCUT2D eigenvalue weighted by Crippen LogP contribution is 2.25.